The van der Waals surface area contributed by atoms with Crippen molar-refractivity contribution in [3.63, 3.8) is 0 Å². The molecule has 1 heterocycles. The van der Waals surface area contributed by atoms with E-state index in [4.69, 9.17) is 0 Å². The first kappa shape index (κ1) is 15.5. The van der Waals surface area contributed by atoms with Gasteiger partial charge in [-0.2, -0.15) is 9.94 Å². The summed E-state index contributed by atoms with van der Waals surface area (Å²) in [5.41, 5.74) is 3.32. The van der Waals surface area contributed by atoms with E-state index in [-0.39, 0.29) is 5.75 Å². The van der Waals surface area contributed by atoms with Gasteiger partial charge in [0.25, 0.3) is 0 Å². The van der Waals surface area contributed by atoms with Crippen molar-refractivity contribution < 1.29 is 5.11 Å². The zero-order chi connectivity index (χ0) is 17.9. The third kappa shape index (κ3) is 2.58. The third-order valence-corrected chi connectivity index (χ3v) is 4.08. The van der Waals surface area contributed by atoms with Crippen LogP contribution in [0.4, 0.5) is 0 Å². The summed E-state index contributed by atoms with van der Waals surface area (Å²) >= 11 is 0. The number of para-hydroxylation sites is 2. The molecule has 0 saturated carbocycles. The lowest BCUT2D eigenvalue weighted by Gasteiger charge is -2.11. The van der Waals surface area contributed by atoms with E-state index in [1.807, 2.05) is 42.5 Å². The fraction of sp³-hybridized carbons (Fsp3) is 0. The van der Waals surface area contributed by atoms with Crippen LogP contribution in [0, 0.1) is 11.3 Å². The first-order valence-electron chi connectivity index (χ1n) is 7.95. The molecule has 0 aliphatic rings. The average molecular weight is 339 g/mol. The van der Waals surface area contributed by atoms with Gasteiger partial charge in [0.15, 0.2) is 5.82 Å². The van der Waals surface area contributed by atoms with Gasteiger partial charge >= 0.3 is 0 Å². The molecule has 4 rings (SSSR count). The summed E-state index contributed by atoms with van der Waals surface area (Å²) in [5, 5.41) is 31.7. The SMILES string of the molecule is N#Cc1ccccc1-n1nnnc1-c1ccccc1-c1ccccc1O. The predicted molar refractivity (Wildman–Crippen MR) is 96.4 cm³/mol. The van der Waals surface area contributed by atoms with E-state index in [0.717, 1.165) is 11.1 Å². The zero-order valence-electron chi connectivity index (χ0n) is 13.6. The molecule has 1 aromatic heterocycles. The predicted octanol–water partition coefficient (Wildman–Crippen LogP) is 3.57. The van der Waals surface area contributed by atoms with Gasteiger partial charge in [-0.15, -0.1) is 5.10 Å². The van der Waals surface area contributed by atoms with Crippen LogP contribution in [0.15, 0.2) is 72.8 Å². The number of tetrazole rings is 1. The molecule has 6 nitrogen and oxygen atoms in total. The minimum Gasteiger partial charge on any atom is -0.507 e. The second-order valence-corrected chi connectivity index (χ2v) is 5.61. The van der Waals surface area contributed by atoms with Crippen LogP contribution in [0.2, 0.25) is 0 Å². The van der Waals surface area contributed by atoms with Crippen molar-refractivity contribution in [2.75, 3.05) is 0 Å². The second kappa shape index (κ2) is 6.49. The molecule has 0 fully saturated rings. The topological polar surface area (TPSA) is 87.6 Å². The molecule has 6 heteroatoms. The van der Waals surface area contributed by atoms with Crippen molar-refractivity contribution in [1.82, 2.24) is 20.2 Å². The van der Waals surface area contributed by atoms with Gasteiger partial charge in [0.1, 0.15) is 11.8 Å². The highest BCUT2D eigenvalue weighted by Gasteiger charge is 2.18. The van der Waals surface area contributed by atoms with Crippen LogP contribution < -0.4 is 0 Å². The first-order valence-corrected chi connectivity index (χ1v) is 7.95. The fourth-order valence-electron chi connectivity index (χ4n) is 2.88. The zero-order valence-corrected chi connectivity index (χ0v) is 13.6. The number of rotatable bonds is 3. The number of hydrogen-bond donors (Lipinski definition) is 1. The van der Waals surface area contributed by atoms with Gasteiger partial charge < -0.3 is 5.11 Å². The number of phenols is 1. The minimum atomic E-state index is 0.177. The molecule has 0 atom stereocenters. The Hall–Kier alpha value is -3.98. The lowest BCUT2D eigenvalue weighted by molar-refractivity contribution is 0.477. The standard InChI is InChI=1S/C20H13N5O/c21-13-14-7-1-5-11-18(14)25-20(22-23-24-25)17-10-3-2-8-15(17)16-9-4-6-12-19(16)26/h1-12,26H. The maximum absolute atomic E-state index is 10.3. The average Bonchev–Trinajstić information content (AvgIpc) is 3.18. The van der Waals surface area contributed by atoms with Crippen LogP contribution >= 0.6 is 0 Å². The summed E-state index contributed by atoms with van der Waals surface area (Å²) in [6.07, 6.45) is 0. The fourth-order valence-corrected chi connectivity index (χ4v) is 2.88. The quantitative estimate of drug-likeness (QED) is 0.616. The summed E-state index contributed by atoms with van der Waals surface area (Å²) < 4.78 is 1.54. The van der Waals surface area contributed by atoms with Crippen LogP contribution in [0.25, 0.3) is 28.2 Å². The number of nitrogens with zero attached hydrogens (tertiary/aromatic N) is 5. The highest BCUT2D eigenvalue weighted by atomic mass is 16.3. The van der Waals surface area contributed by atoms with Gasteiger partial charge in [-0.1, -0.05) is 54.6 Å². The molecule has 3 aromatic carbocycles. The van der Waals surface area contributed by atoms with Gasteiger partial charge in [0.05, 0.1) is 11.3 Å². The number of nitriles is 1. The van der Waals surface area contributed by atoms with Crippen molar-refractivity contribution >= 4 is 0 Å². The molecule has 4 aromatic rings. The lowest BCUT2D eigenvalue weighted by atomic mass is 9.98. The smallest absolute Gasteiger partial charge is 0.187 e. The molecule has 0 aliphatic carbocycles. The van der Waals surface area contributed by atoms with Crippen LogP contribution in [0.5, 0.6) is 5.75 Å². The van der Waals surface area contributed by atoms with Gasteiger partial charge in [0.2, 0.25) is 0 Å². The molecule has 0 bridgehead atoms. The maximum Gasteiger partial charge on any atom is 0.187 e. The van der Waals surface area contributed by atoms with E-state index in [9.17, 15) is 10.4 Å². The molecular weight excluding hydrogens is 326 g/mol. The van der Waals surface area contributed by atoms with E-state index in [0.29, 0.717) is 22.6 Å². The number of aromatic hydroxyl groups is 1. The Morgan fingerprint density at radius 2 is 1.46 bits per heavy atom. The molecule has 0 spiro atoms. The molecular formula is C20H13N5O. The van der Waals surface area contributed by atoms with E-state index in [2.05, 4.69) is 21.6 Å². The molecule has 0 unspecified atom stereocenters. The van der Waals surface area contributed by atoms with Crippen molar-refractivity contribution in [1.29, 1.82) is 5.26 Å². The first-order chi connectivity index (χ1) is 12.8. The van der Waals surface area contributed by atoms with Gasteiger partial charge in [-0.05, 0) is 34.2 Å². The monoisotopic (exact) mass is 339 g/mol. The van der Waals surface area contributed by atoms with Gasteiger partial charge in [-0.3, -0.25) is 0 Å². The van der Waals surface area contributed by atoms with Crippen LogP contribution in [-0.2, 0) is 0 Å². The maximum atomic E-state index is 10.3. The van der Waals surface area contributed by atoms with Gasteiger partial charge in [0, 0.05) is 11.1 Å². The van der Waals surface area contributed by atoms with E-state index >= 15 is 0 Å². The largest absolute Gasteiger partial charge is 0.507 e. The Morgan fingerprint density at radius 3 is 2.23 bits per heavy atom. The molecule has 26 heavy (non-hydrogen) atoms. The Labute approximate surface area is 149 Å². The van der Waals surface area contributed by atoms with Gasteiger partial charge in [-0.25, -0.2) is 0 Å². The normalized spacial score (nSPS) is 10.4. The summed E-state index contributed by atoms with van der Waals surface area (Å²) in [6, 6.07) is 24.0. The minimum absolute atomic E-state index is 0.177. The van der Waals surface area contributed by atoms with Crippen LogP contribution in [-0.4, -0.2) is 25.3 Å². The molecule has 1 N–H and O–H groups in total. The van der Waals surface area contributed by atoms with E-state index < -0.39 is 0 Å². The second-order valence-electron chi connectivity index (χ2n) is 5.61. The Balaban J connectivity index is 1.94. The summed E-state index contributed by atoms with van der Waals surface area (Å²) in [4.78, 5) is 0. The summed E-state index contributed by atoms with van der Waals surface area (Å²) in [7, 11) is 0. The number of hydrogen-bond acceptors (Lipinski definition) is 5. The summed E-state index contributed by atoms with van der Waals surface area (Å²) in [6.45, 7) is 0. The van der Waals surface area contributed by atoms with E-state index in [1.165, 1.54) is 4.68 Å². The number of phenolic OH excluding ortho intramolecular Hbond substituents is 1. The van der Waals surface area contributed by atoms with Crippen LogP contribution in [0.1, 0.15) is 5.56 Å². The van der Waals surface area contributed by atoms with Crippen LogP contribution in [0.3, 0.4) is 0 Å². The van der Waals surface area contributed by atoms with Crippen molar-refractivity contribution in [3.8, 4) is 40.0 Å². The lowest BCUT2D eigenvalue weighted by Crippen LogP contribution is -2.03. The highest BCUT2D eigenvalue weighted by Crippen LogP contribution is 2.36. The van der Waals surface area contributed by atoms with E-state index in [1.54, 1.807) is 30.3 Å². The molecule has 0 radical (unpaired) electrons. The molecule has 0 amide bonds. The summed E-state index contributed by atoms with van der Waals surface area (Å²) in [5.74, 6) is 0.669. The highest BCUT2D eigenvalue weighted by molar-refractivity contribution is 5.84. The van der Waals surface area contributed by atoms with Crippen molar-refractivity contribution in [3.05, 3.63) is 78.4 Å². The molecule has 0 aliphatic heterocycles. The Kier molecular flexibility index (Phi) is 3.88. The number of benzene rings is 3. The third-order valence-electron chi connectivity index (χ3n) is 4.08. The van der Waals surface area contributed by atoms with Crippen molar-refractivity contribution in [2.45, 2.75) is 0 Å². The molecule has 0 saturated heterocycles. The Morgan fingerprint density at radius 1 is 0.808 bits per heavy atom. The molecule has 124 valence electrons. The van der Waals surface area contributed by atoms with Crippen molar-refractivity contribution in [2.24, 2.45) is 0 Å². The Bertz CT molecular complexity index is 1130. The number of aromatic nitrogens is 4.